The predicted molar refractivity (Wildman–Crippen MR) is 124 cm³/mol. The summed E-state index contributed by atoms with van der Waals surface area (Å²) in [7, 11) is -3.66. The Balaban J connectivity index is 1.64. The van der Waals surface area contributed by atoms with Gasteiger partial charge in [-0.3, -0.25) is 4.79 Å². The lowest BCUT2D eigenvalue weighted by Crippen LogP contribution is -2.39. The van der Waals surface area contributed by atoms with E-state index in [1.165, 1.54) is 0 Å². The SMILES string of the molecule is CC1CCN(C(=O)Cn2cc(S(=O)(=O)Cc3ccc(Cl)c(Cl)c3)c3ccccc32)CC1. The number of fused-ring (bicyclic) bond motifs is 1. The number of carbonyl (C=O) groups excluding carboxylic acids is 1. The average Bonchev–Trinajstić information content (AvgIpc) is 3.10. The van der Waals surface area contributed by atoms with E-state index in [-0.39, 0.29) is 23.1 Å². The van der Waals surface area contributed by atoms with Crippen molar-refractivity contribution >= 4 is 49.8 Å². The number of amides is 1. The monoisotopic (exact) mass is 478 g/mol. The van der Waals surface area contributed by atoms with Gasteiger partial charge in [0.05, 0.1) is 20.7 Å². The summed E-state index contributed by atoms with van der Waals surface area (Å²) >= 11 is 12.0. The van der Waals surface area contributed by atoms with E-state index in [0.29, 0.717) is 26.9 Å². The largest absolute Gasteiger partial charge is 0.341 e. The van der Waals surface area contributed by atoms with Crippen LogP contribution in [0, 0.1) is 5.92 Å². The standard InChI is InChI=1S/C23H24Cl2N2O3S/c1-16-8-10-26(11-9-16)23(28)14-27-13-22(18-4-2-3-5-21(18)27)31(29,30)15-17-6-7-19(24)20(25)12-17/h2-7,12-13,16H,8-11,14-15H2,1H3. The molecule has 0 saturated carbocycles. The highest BCUT2D eigenvalue weighted by Gasteiger charge is 2.25. The number of aromatic nitrogens is 1. The van der Waals surface area contributed by atoms with Gasteiger partial charge in [-0.05, 0) is 42.5 Å². The Labute approximate surface area is 192 Å². The van der Waals surface area contributed by atoms with Gasteiger partial charge in [-0.1, -0.05) is 54.4 Å². The number of rotatable bonds is 5. The summed E-state index contributed by atoms with van der Waals surface area (Å²) in [5, 5.41) is 1.31. The maximum absolute atomic E-state index is 13.3. The van der Waals surface area contributed by atoms with Gasteiger partial charge >= 0.3 is 0 Å². The number of carbonyl (C=O) groups is 1. The van der Waals surface area contributed by atoms with E-state index in [4.69, 9.17) is 23.2 Å². The fraction of sp³-hybridized carbons (Fsp3) is 0.348. The lowest BCUT2D eigenvalue weighted by atomic mass is 9.99. The number of nitrogens with zero attached hydrogens (tertiary/aromatic N) is 2. The smallest absolute Gasteiger partial charge is 0.242 e. The molecule has 0 bridgehead atoms. The molecule has 1 amide bonds. The third kappa shape index (κ3) is 4.76. The summed E-state index contributed by atoms with van der Waals surface area (Å²) in [6.07, 6.45) is 3.59. The van der Waals surface area contributed by atoms with Crippen LogP contribution in [0.15, 0.2) is 53.6 Å². The highest BCUT2D eigenvalue weighted by atomic mass is 35.5. The first-order valence-electron chi connectivity index (χ1n) is 10.3. The summed E-state index contributed by atoms with van der Waals surface area (Å²) < 4.78 is 28.3. The van der Waals surface area contributed by atoms with Crippen LogP contribution in [0.5, 0.6) is 0 Å². The second kappa shape index (κ2) is 8.85. The zero-order valence-corrected chi connectivity index (χ0v) is 19.6. The molecule has 5 nitrogen and oxygen atoms in total. The first-order chi connectivity index (χ1) is 14.7. The molecule has 1 aliphatic heterocycles. The minimum atomic E-state index is -3.66. The van der Waals surface area contributed by atoms with E-state index in [1.807, 2.05) is 17.0 Å². The third-order valence-corrected chi connectivity index (χ3v) is 8.32. The molecule has 1 aromatic heterocycles. The Bertz CT molecular complexity index is 1230. The first kappa shape index (κ1) is 22.2. The van der Waals surface area contributed by atoms with E-state index in [9.17, 15) is 13.2 Å². The fourth-order valence-electron chi connectivity index (χ4n) is 4.02. The number of benzene rings is 2. The molecular weight excluding hydrogens is 455 g/mol. The summed E-state index contributed by atoms with van der Waals surface area (Å²) in [6, 6.07) is 12.1. The zero-order chi connectivity index (χ0) is 22.2. The average molecular weight is 479 g/mol. The van der Waals surface area contributed by atoms with Crippen LogP contribution in [0.1, 0.15) is 25.3 Å². The van der Waals surface area contributed by atoms with Crippen molar-refractivity contribution in [1.29, 1.82) is 0 Å². The maximum Gasteiger partial charge on any atom is 0.242 e. The number of sulfone groups is 1. The second-order valence-corrected chi connectivity index (χ2v) is 11.0. The topological polar surface area (TPSA) is 59.4 Å². The molecule has 1 fully saturated rings. The van der Waals surface area contributed by atoms with E-state index in [0.717, 1.165) is 31.4 Å². The number of para-hydroxylation sites is 1. The molecular formula is C23H24Cl2N2O3S. The molecule has 164 valence electrons. The molecule has 0 spiro atoms. The van der Waals surface area contributed by atoms with Crippen molar-refractivity contribution in [1.82, 2.24) is 9.47 Å². The van der Waals surface area contributed by atoms with Crippen LogP contribution in [0.25, 0.3) is 10.9 Å². The van der Waals surface area contributed by atoms with E-state index in [1.54, 1.807) is 41.1 Å². The van der Waals surface area contributed by atoms with Crippen LogP contribution in [0.2, 0.25) is 10.0 Å². The van der Waals surface area contributed by atoms with Crippen molar-refractivity contribution in [3.05, 3.63) is 64.3 Å². The zero-order valence-electron chi connectivity index (χ0n) is 17.2. The van der Waals surface area contributed by atoms with Crippen LogP contribution < -0.4 is 0 Å². The Kier molecular flexibility index (Phi) is 6.33. The highest BCUT2D eigenvalue weighted by Crippen LogP contribution is 2.30. The molecule has 0 atom stereocenters. The molecule has 0 N–H and O–H groups in total. The maximum atomic E-state index is 13.3. The molecule has 0 aliphatic carbocycles. The Hall–Kier alpha value is -2.02. The van der Waals surface area contributed by atoms with E-state index < -0.39 is 9.84 Å². The predicted octanol–water partition coefficient (Wildman–Crippen LogP) is 5.18. The van der Waals surface area contributed by atoms with Crippen molar-refractivity contribution in [2.45, 2.75) is 37.0 Å². The molecule has 31 heavy (non-hydrogen) atoms. The summed E-state index contributed by atoms with van der Waals surface area (Å²) in [4.78, 5) is 15.0. The second-order valence-electron chi connectivity index (χ2n) is 8.21. The molecule has 1 aliphatic rings. The van der Waals surface area contributed by atoms with Crippen molar-refractivity contribution < 1.29 is 13.2 Å². The Morgan fingerprint density at radius 1 is 1.06 bits per heavy atom. The van der Waals surface area contributed by atoms with Gasteiger partial charge in [0.2, 0.25) is 5.91 Å². The number of likely N-dealkylation sites (tertiary alicyclic amines) is 1. The van der Waals surface area contributed by atoms with Crippen LogP contribution in [-0.2, 0) is 26.9 Å². The Morgan fingerprint density at radius 2 is 1.77 bits per heavy atom. The minimum absolute atomic E-state index is 0.0149. The van der Waals surface area contributed by atoms with Gasteiger partial charge in [-0.15, -0.1) is 0 Å². The van der Waals surface area contributed by atoms with Gasteiger partial charge in [0.25, 0.3) is 0 Å². The lowest BCUT2D eigenvalue weighted by molar-refractivity contribution is -0.133. The molecule has 2 aromatic carbocycles. The molecule has 3 aromatic rings. The van der Waals surface area contributed by atoms with Crippen LogP contribution in [0.3, 0.4) is 0 Å². The normalized spacial score (nSPS) is 15.5. The van der Waals surface area contributed by atoms with Crippen molar-refractivity contribution in [2.24, 2.45) is 5.92 Å². The summed E-state index contributed by atoms with van der Waals surface area (Å²) in [5.41, 5.74) is 1.29. The van der Waals surface area contributed by atoms with E-state index in [2.05, 4.69) is 6.92 Å². The quantitative estimate of drug-likeness (QED) is 0.507. The minimum Gasteiger partial charge on any atom is -0.341 e. The van der Waals surface area contributed by atoms with Gasteiger partial charge < -0.3 is 9.47 Å². The van der Waals surface area contributed by atoms with E-state index >= 15 is 0 Å². The van der Waals surface area contributed by atoms with Gasteiger partial charge in [0, 0.05) is 30.2 Å². The van der Waals surface area contributed by atoms with Gasteiger partial charge in [0.1, 0.15) is 6.54 Å². The number of hydrogen-bond donors (Lipinski definition) is 0. The van der Waals surface area contributed by atoms with Gasteiger partial charge in [-0.25, -0.2) is 8.42 Å². The summed E-state index contributed by atoms with van der Waals surface area (Å²) in [6.45, 7) is 3.83. The van der Waals surface area contributed by atoms with Crippen molar-refractivity contribution in [3.63, 3.8) is 0 Å². The molecule has 0 radical (unpaired) electrons. The highest BCUT2D eigenvalue weighted by molar-refractivity contribution is 7.90. The lowest BCUT2D eigenvalue weighted by Gasteiger charge is -2.30. The summed E-state index contributed by atoms with van der Waals surface area (Å²) in [5.74, 6) is 0.450. The Morgan fingerprint density at radius 3 is 2.48 bits per heavy atom. The van der Waals surface area contributed by atoms with Crippen LogP contribution in [0.4, 0.5) is 0 Å². The molecule has 4 rings (SSSR count). The molecule has 8 heteroatoms. The molecule has 0 unspecified atom stereocenters. The molecule has 1 saturated heterocycles. The number of piperidine rings is 1. The fourth-order valence-corrected chi connectivity index (χ4v) is 5.91. The van der Waals surface area contributed by atoms with Gasteiger partial charge in [0.15, 0.2) is 9.84 Å². The van der Waals surface area contributed by atoms with Crippen LogP contribution >= 0.6 is 23.2 Å². The number of halogens is 2. The van der Waals surface area contributed by atoms with Crippen LogP contribution in [-0.4, -0.2) is 36.9 Å². The molecule has 2 heterocycles. The first-order valence-corrected chi connectivity index (χ1v) is 12.7. The van der Waals surface area contributed by atoms with Crippen molar-refractivity contribution in [2.75, 3.05) is 13.1 Å². The van der Waals surface area contributed by atoms with Crippen molar-refractivity contribution in [3.8, 4) is 0 Å². The van der Waals surface area contributed by atoms with Gasteiger partial charge in [-0.2, -0.15) is 0 Å². The number of hydrogen-bond acceptors (Lipinski definition) is 3. The third-order valence-electron chi connectivity index (χ3n) is 5.87.